The van der Waals surface area contributed by atoms with E-state index in [4.69, 9.17) is 8.83 Å². The highest BCUT2D eigenvalue weighted by Crippen LogP contribution is 2.48. The number of hydrogen-bond acceptors (Lipinski definition) is 2. The summed E-state index contributed by atoms with van der Waals surface area (Å²) in [5.74, 6) is 4.12. The van der Waals surface area contributed by atoms with Crippen LogP contribution >= 0.6 is 0 Å². The number of fused-ring (bicyclic) bond motifs is 12. The van der Waals surface area contributed by atoms with E-state index in [1.807, 2.05) is 0 Å². The van der Waals surface area contributed by atoms with E-state index in [9.17, 15) is 0 Å². The Hall–Kier alpha value is -4.32. The van der Waals surface area contributed by atoms with Crippen molar-refractivity contribution in [2.24, 2.45) is 0 Å². The van der Waals surface area contributed by atoms with Gasteiger partial charge in [-0.1, -0.05) is 55.4 Å². The lowest BCUT2D eigenvalue weighted by Crippen LogP contribution is -2.29. The van der Waals surface area contributed by atoms with Gasteiger partial charge in [0.05, 0.1) is 21.7 Å². The van der Waals surface area contributed by atoms with Crippen molar-refractivity contribution in [2.45, 2.75) is 167 Å². The van der Waals surface area contributed by atoms with E-state index in [0.717, 1.165) is 74.4 Å². The molecule has 0 atom stereocenters. The zero-order chi connectivity index (χ0) is 40.3. The number of furan rings is 2. The number of nitrogens with one attached hydrogen (secondary N) is 4. The minimum absolute atomic E-state index is 0.286. The molecule has 0 radical (unpaired) electrons. The predicted octanol–water partition coefficient (Wildman–Crippen LogP) is 13.6. The Morgan fingerprint density at radius 1 is 0.304 bits per heavy atom. The van der Waals surface area contributed by atoms with Crippen LogP contribution < -0.4 is 0 Å². The first-order valence-corrected chi connectivity index (χ1v) is 21.8. The van der Waals surface area contributed by atoms with Crippen molar-refractivity contribution in [1.29, 1.82) is 0 Å². The lowest BCUT2D eigenvalue weighted by atomic mass is 9.77. The summed E-state index contributed by atoms with van der Waals surface area (Å²) < 4.78 is 14.3. The van der Waals surface area contributed by atoms with Gasteiger partial charge in [0.1, 0.15) is 23.0 Å². The maximum atomic E-state index is 7.15. The molecule has 0 saturated heterocycles. The Labute approximate surface area is 336 Å². The third-order valence-electron chi connectivity index (χ3n) is 15.4. The zero-order valence-electron chi connectivity index (χ0n) is 36.4. The van der Waals surface area contributed by atoms with Crippen molar-refractivity contribution in [3.63, 3.8) is 0 Å². The fourth-order valence-corrected chi connectivity index (χ4v) is 10.6. The summed E-state index contributed by atoms with van der Waals surface area (Å²) in [6, 6.07) is 27.4. The minimum Gasteiger partial charge on any atom is -0.464 e. The standard InChI is InChI=1S/C50H68N4O2/c1-13-47(14-2)37-25-21-33(51-37)45(9,10)34-22-27-39(52-34)49(17-5,18-6)43-31-32-44(56-43)50(19-7,20-8)40-28-24-36(54-40)46(11,12)35-23-26-38(53-35)48(15-3,16-4)42-30-29-41(47)55-42/h21-32,51-54H,13-20H2,1-12H3. The normalized spacial score (nSPS) is 19.1. The van der Waals surface area contributed by atoms with Gasteiger partial charge in [0.25, 0.3) is 0 Å². The lowest BCUT2D eigenvalue weighted by molar-refractivity contribution is 0.298. The first kappa shape index (κ1) is 39.9. The van der Waals surface area contributed by atoms with Crippen LogP contribution in [0.25, 0.3) is 0 Å². The molecule has 6 nitrogen and oxygen atoms in total. The van der Waals surface area contributed by atoms with Crippen LogP contribution in [0.4, 0.5) is 0 Å². The van der Waals surface area contributed by atoms with Crippen LogP contribution in [0, 0.1) is 0 Å². The van der Waals surface area contributed by atoms with Gasteiger partial charge >= 0.3 is 0 Å². The molecule has 7 heterocycles. The van der Waals surface area contributed by atoms with Crippen molar-refractivity contribution in [3.05, 3.63) is 141 Å². The van der Waals surface area contributed by atoms with Crippen LogP contribution in [-0.4, -0.2) is 19.9 Å². The van der Waals surface area contributed by atoms with E-state index in [0.29, 0.717) is 0 Å². The number of aromatic amines is 4. The summed E-state index contributed by atoms with van der Waals surface area (Å²) in [5.41, 5.74) is 7.83. The molecule has 0 fully saturated rings. The van der Waals surface area contributed by atoms with Crippen molar-refractivity contribution in [2.75, 3.05) is 0 Å². The molecule has 0 saturated carbocycles. The van der Waals surface area contributed by atoms with Crippen molar-refractivity contribution >= 4 is 0 Å². The summed E-state index contributed by atoms with van der Waals surface area (Å²) in [6.07, 6.45) is 7.38. The summed E-state index contributed by atoms with van der Waals surface area (Å²) >= 11 is 0. The van der Waals surface area contributed by atoms with Crippen molar-refractivity contribution < 1.29 is 8.83 Å². The SMILES string of the molecule is CCC1(CC)c2ccc([nH]2)C(C)(C)c2ccc([nH]2)C(CC)(CC)c2ccc(o2)C(CC)(CC)c2ccc([nH]2)C(C)(C)c2ccc([nH]2)C(CC)(CC)c2ccc1o2. The number of H-pyrrole nitrogens is 4. The van der Waals surface area contributed by atoms with Gasteiger partial charge in [0.15, 0.2) is 0 Å². The van der Waals surface area contributed by atoms with Crippen LogP contribution in [0.2, 0.25) is 0 Å². The van der Waals surface area contributed by atoms with Gasteiger partial charge in [0, 0.05) is 56.4 Å². The van der Waals surface area contributed by atoms with E-state index in [1.165, 1.54) is 45.6 Å². The third-order valence-corrected chi connectivity index (χ3v) is 15.4. The van der Waals surface area contributed by atoms with Gasteiger partial charge in [-0.3, -0.25) is 0 Å². The van der Waals surface area contributed by atoms with E-state index in [-0.39, 0.29) is 32.5 Å². The molecule has 1 aliphatic rings. The molecule has 6 heteroatoms. The van der Waals surface area contributed by atoms with E-state index < -0.39 is 0 Å². The molecule has 0 aliphatic carbocycles. The average molecular weight is 757 g/mol. The van der Waals surface area contributed by atoms with Gasteiger partial charge in [-0.2, -0.15) is 0 Å². The first-order chi connectivity index (χ1) is 26.7. The molecule has 7 rings (SSSR count). The Balaban J connectivity index is 1.46. The third kappa shape index (κ3) is 5.55. The highest BCUT2D eigenvalue weighted by Gasteiger charge is 2.44. The van der Waals surface area contributed by atoms with Gasteiger partial charge in [-0.05, 0) is 152 Å². The first-order valence-electron chi connectivity index (χ1n) is 21.8. The van der Waals surface area contributed by atoms with Crippen LogP contribution in [0.1, 0.15) is 203 Å². The molecular weight excluding hydrogens is 689 g/mol. The summed E-state index contributed by atoms with van der Waals surface area (Å²) in [5, 5.41) is 0. The molecule has 0 aromatic carbocycles. The predicted molar refractivity (Wildman–Crippen MR) is 230 cm³/mol. The highest BCUT2D eigenvalue weighted by molar-refractivity contribution is 5.44. The van der Waals surface area contributed by atoms with Gasteiger partial charge in [-0.15, -0.1) is 0 Å². The highest BCUT2D eigenvalue weighted by atomic mass is 16.3. The molecule has 300 valence electrons. The molecule has 6 aromatic rings. The van der Waals surface area contributed by atoms with E-state index in [1.54, 1.807) is 0 Å². The second-order valence-corrected chi connectivity index (χ2v) is 17.9. The van der Waals surface area contributed by atoms with Gasteiger partial charge < -0.3 is 28.8 Å². The van der Waals surface area contributed by atoms with E-state index >= 15 is 0 Å². The maximum absolute atomic E-state index is 7.15. The average Bonchev–Trinajstić information content (AvgIpc) is 4.05. The quantitative estimate of drug-likeness (QED) is 0.125. The van der Waals surface area contributed by atoms with E-state index in [2.05, 4.69) is 176 Å². The molecule has 4 N–H and O–H groups in total. The van der Waals surface area contributed by atoms with Crippen molar-refractivity contribution in [1.82, 2.24) is 19.9 Å². The number of aromatic nitrogens is 4. The molecule has 12 bridgehead atoms. The Bertz CT molecular complexity index is 1930. The Morgan fingerprint density at radius 2 is 0.482 bits per heavy atom. The van der Waals surface area contributed by atoms with Crippen LogP contribution in [0.15, 0.2) is 81.6 Å². The largest absolute Gasteiger partial charge is 0.464 e. The van der Waals surface area contributed by atoms with Crippen LogP contribution in [0.5, 0.6) is 0 Å². The molecule has 0 spiro atoms. The monoisotopic (exact) mass is 757 g/mol. The summed E-state index contributed by atoms with van der Waals surface area (Å²) in [7, 11) is 0. The second kappa shape index (κ2) is 14.3. The Morgan fingerprint density at radius 3 is 0.661 bits per heavy atom. The Kier molecular flexibility index (Phi) is 10.2. The van der Waals surface area contributed by atoms with Gasteiger partial charge in [-0.25, -0.2) is 0 Å². The molecule has 56 heavy (non-hydrogen) atoms. The topological polar surface area (TPSA) is 89.4 Å². The molecule has 1 aliphatic heterocycles. The number of rotatable bonds is 8. The fraction of sp³-hybridized carbons (Fsp3) is 0.520. The van der Waals surface area contributed by atoms with Gasteiger partial charge in [0.2, 0.25) is 0 Å². The second-order valence-electron chi connectivity index (χ2n) is 17.9. The molecular formula is C50H68N4O2. The molecule has 0 unspecified atom stereocenters. The molecule has 6 aromatic heterocycles. The smallest absolute Gasteiger partial charge is 0.116 e. The fourth-order valence-electron chi connectivity index (χ4n) is 10.6. The summed E-state index contributed by atoms with van der Waals surface area (Å²) in [6.45, 7) is 27.6. The van der Waals surface area contributed by atoms with Crippen LogP contribution in [-0.2, 0) is 32.5 Å². The summed E-state index contributed by atoms with van der Waals surface area (Å²) in [4.78, 5) is 15.9. The minimum atomic E-state index is -0.295. The lowest BCUT2D eigenvalue weighted by Gasteiger charge is -2.32. The number of hydrogen-bond donors (Lipinski definition) is 4. The van der Waals surface area contributed by atoms with Crippen LogP contribution in [0.3, 0.4) is 0 Å². The van der Waals surface area contributed by atoms with Crippen molar-refractivity contribution in [3.8, 4) is 0 Å². The maximum Gasteiger partial charge on any atom is 0.116 e. The zero-order valence-corrected chi connectivity index (χ0v) is 36.4. The molecule has 0 amide bonds.